The maximum Gasteiger partial charge on any atom is 0.0946 e. The third kappa shape index (κ3) is 1.98. The molecule has 1 heterocycles. The van der Waals surface area contributed by atoms with E-state index in [0.29, 0.717) is 5.54 Å². The molecule has 1 N–H and O–H groups in total. The van der Waals surface area contributed by atoms with Crippen molar-refractivity contribution in [3.63, 3.8) is 0 Å². The fraction of sp³-hybridized carbons (Fsp3) is 0.727. The van der Waals surface area contributed by atoms with E-state index in [1.54, 1.807) is 0 Å². The van der Waals surface area contributed by atoms with Crippen LogP contribution in [0.25, 0.3) is 0 Å². The number of rotatable bonds is 3. The van der Waals surface area contributed by atoms with Crippen LogP contribution in [0.15, 0.2) is 18.7 Å². The lowest BCUT2D eigenvalue weighted by Crippen LogP contribution is -2.47. The Labute approximate surface area is 85.5 Å². The number of hydrogen-bond acceptors (Lipinski definition) is 2. The predicted octanol–water partition coefficient (Wildman–Crippen LogP) is 1.81. The van der Waals surface area contributed by atoms with Gasteiger partial charge in [0.15, 0.2) is 0 Å². The SMILES string of the molecule is CNC1(Cn2ccnc2)CCCCC1. The summed E-state index contributed by atoms with van der Waals surface area (Å²) in [5, 5.41) is 3.51. The van der Waals surface area contributed by atoms with Crippen LogP contribution in [0.5, 0.6) is 0 Å². The van der Waals surface area contributed by atoms with Crippen molar-refractivity contribution in [1.29, 1.82) is 0 Å². The second-order valence-corrected chi connectivity index (χ2v) is 4.33. The van der Waals surface area contributed by atoms with Gasteiger partial charge in [-0.25, -0.2) is 4.98 Å². The van der Waals surface area contributed by atoms with Crippen molar-refractivity contribution in [3.8, 4) is 0 Å². The Bertz CT molecular complexity index is 260. The summed E-state index contributed by atoms with van der Waals surface area (Å²) >= 11 is 0. The number of nitrogens with one attached hydrogen (secondary N) is 1. The molecule has 1 aliphatic rings. The molecule has 14 heavy (non-hydrogen) atoms. The van der Waals surface area contributed by atoms with E-state index in [1.807, 2.05) is 18.7 Å². The molecular formula is C11H19N3. The summed E-state index contributed by atoms with van der Waals surface area (Å²) in [5.74, 6) is 0. The van der Waals surface area contributed by atoms with Gasteiger partial charge < -0.3 is 9.88 Å². The van der Waals surface area contributed by atoms with E-state index in [4.69, 9.17) is 0 Å². The molecule has 0 amide bonds. The molecule has 1 aromatic heterocycles. The molecule has 1 saturated carbocycles. The van der Waals surface area contributed by atoms with Crippen molar-refractivity contribution in [1.82, 2.24) is 14.9 Å². The minimum absolute atomic E-state index is 0.318. The van der Waals surface area contributed by atoms with Crippen molar-refractivity contribution in [2.75, 3.05) is 7.05 Å². The average Bonchev–Trinajstić information content (AvgIpc) is 2.72. The lowest BCUT2D eigenvalue weighted by atomic mass is 9.81. The predicted molar refractivity (Wildman–Crippen MR) is 57.1 cm³/mol. The Balaban J connectivity index is 2.04. The van der Waals surface area contributed by atoms with E-state index in [9.17, 15) is 0 Å². The van der Waals surface area contributed by atoms with Gasteiger partial charge in [0.25, 0.3) is 0 Å². The van der Waals surface area contributed by atoms with Gasteiger partial charge in [-0.3, -0.25) is 0 Å². The summed E-state index contributed by atoms with van der Waals surface area (Å²) in [5.41, 5.74) is 0.318. The van der Waals surface area contributed by atoms with Crippen LogP contribution in [0, 0.1) is 0 Å². The van der Waals surface area contributed by atoms with E-state index >= 15 is 0 Å². The van der Waals surface area contributed by atoms with Gasteiger partial charge in [-0.05, 0) is 19.9 Å². The monoisotopic (exact) mass is 193 g/mol. The van der Waals surface area contributed by atoms with Crippen LogP contribution in [-0.4, -0.2) is 22.1 Å². The van der Waals surface area contributed by atoms with Gasteiger partial charge >= 0.3 is 0 Å². The minimum Gasteiger partial charge on any atom is -0.336 e. The number of hydrogen-bond donors (Lipinski definition) is 1. The van der Waals surface area contributed by atoms with Gasteiger partial charge in [0.2, 0.25) is 0 Å². The molecular weight excluding hydrogens is 174 g/mol. The molecule has 0 radical (unpaired) electrons. The first-order chi connectivity index (χ1) is 6.85. The first kappa shape index (κ1) is 9.71. The van der Waals surface area contributed by atoms with Crippen molar-refractivity contribution in [2.45, 2.75) is 44.2 Å². The van der Waals surface area contributed by atoms with Gasteiger partial charge in [-0.2, -0.15) is 0 Å². The molecule has 1 fully saturated rings. The highest BCUT2D eigenvalue weighted by Crippen LogP contribution is 2.29. The molecule has 0 aromatic carbocycles. The minimum atomic E-state index is 0.318. The first-order valence-corrected chi connectivity index (χ1v) is 5.49. The van der Waals surface area contributed by atoms with Gasteiger partial charge in [-0.15, -0.1) is 0 Å². The quantitative estimate of drug-likeness (QED) is 0.793. The van der Waals surface area contributed by atoms with Crippen molar-refractivity contribution in [2.24, 2.45) is 0 Å². The van der Waals surface area contributed by atoms with Crippen LogP contribution in [0.2, 0.25) is 0 Å². The summed E-state index contributed by atoms with van der Waals surface area (Å²) in [6.45, 7) is 1.06. The maximum absolute atomic E-state index is 4.09. The van der Waals surface area contributed by atoms with Gasteiger partial charge in [0.05, 0.1) is 6.33 Å². The molecule has 1 aromatic rings. The van der Waals surface area contributed by atoms with Gasteiger partial charge in [0, 0.05) is 24.5 Å². The molecule has 0 atom stereocenters. The van der Waals surface area contributed by atoms with Crippen LogP contribution >= 0.6 is 0 Å². The van der Waals surface area contributed by atoms with Crippen LogP contribution in [0.3, 0.4) is 0 Å². The van der Waals surface area contributed by atoms with Gasteiger partial charge in [0.1, 0.15) is 0 Å². The molecule has 2 rings (SSSR count). The summed E-state index contributed by atoms with van der Waals surface area (Å²) in [4.78, 5) is 4.09. The molecule has 0 unspecified atom stereocenters. The standard InChI is InChI=1S/C11H19N3/c1-12-11(5-3-2-4-6-11)9-14-8-7-13-10-14/h7-8,10,12H,2-6,9H2,1H3. The van der Waals surface area contributed by atoms with E-state index in [0.717, 1.165) is 6.54 Å². The Hall–Kier alpha value is -0.830. The maximum atomic E-state index is 4.09. The third-order valence-electron chi connectivity index (χ3n) is 3.39. The largest absolute Gasteiger partial charge is 0.336 e. The van der Waals surface area contributed by atoms with Crippen molar-refractivity contribution in [3.05, 3.63) is 18.7 Å². The first-order valence-electron chi connectivity index (χ1n) is 5.49. The molecule has 0 saturated heterocycles. The molecule has 0 aliphatic heterocycles. The van der Waals surface area contributed by atoms with E-state index in [1.165, 1.54) is 32.1 Å². The zero-order valence-electron chi connectivity index (χ0n) is 8.87. The van der Waals surface area contributed by atoms with E-state index in [2.05, 4.69) is 21.9 Å². The van der Waals surface area contributed by atoms with Crippen molar-refractivity contribution < 1.29 is 0 Å². The van der Waals surface area contributed by atoms with Crippen LogP contribution in [0.1, 0.15) is 32.1 Å². The zero-order chi connectivity index (χ0) is 9.86. The highest BCUT2D eigenvalue weighted by atomic mass is 15.1. The van der Waals surface area contributed by atoms with E-state index < -0.39 is 0 Å². The van der Waals surface area contributed by atoms with Crippen LogP contribution < -0.4 is 5.32 Å². The van der Waals surface area contributed by atoms with Crippen LogP contribution in [0.4, 0.5) is 0 Å². The Morgan fingerprint density at radius 1 is 1.36 bits per heavy atom. The number of imidazole rings is 1. The topological polar surface area (TPSA) is 29.9 Å². The lowest BCUT2D eigenvalue weighted by Gasteiger charge is -2.37. The normalized spacial score (nSPS) is 20.9. The number of nitrogens with zero attached hydrogens (tertiary/aromatic N) is 2. The number of likely N-dealkylation sites (N-methyl/N-ethyl adjacent to an activating group) is 1. The second kappa shape index (κ2) is 4.13. The molecule has 3 nitrogen and oxygen atoms in total. The summed E-state index contributed by atoms with van der Waals surface area (Å²) in [6.07, 6.45) is 12.5. The molecule has 0 bridgehead atoms. The molecule has 3 heteroatoms. The molecule has 0 spiro atoms. The Morgan fingerprint density at radius 2 is 2.14 bits per heavy atom. The summed E-state index contributed by atoms with van der Waals surface area (Å²) in [7, 11) is 2.09. The Kier molecular flexibility index (Phi) is 2.87. The van der Waals surface area contributed by atoms with E-state index in [-0.39, 0.29) is 0 Å². The number of aromatic nitrogens is 2. The molecule has 78 valence electrons. The zero-order valence-corrected chi connectivity index (χ0v) is 8.87. The highest BCUT2D eigenvalue weighted by molar-refractivity contribution is 4.91. The van der Waals surface area contributed by atoms with Gasteiger partial charge in [-0.1, -0.05) is 19.3 Å². The van der Waals surface area contributed by atoms with Crippen LogP contribution in [-0.2, 0) is 6.54 Å². The van der Waals surface area contributed by atoms with Crippen molar-refractivity contribution >= 4 is 0 Å². The lowest BCUT2D eigenvalue weighted by molar-refractivity contribution is 0.215. The summed E-state index contributed by atoms with van der Waals surface area (Å²) in [6, 6.07) is 0. The smallest absolute Gasteiger partial charge is 0.0946 e. The summed E-state index contributed by atoms with van der Waals surface area (Å²) < 4.78 is 2.18. The third-order valence-corrected chi connectivity index (χ3v) is 3.39. The highest BCUT2D eigenvalue weighted by Gasteiger charge is 2.30. The fourth-order valence-electron chi connectivity index (χ4n) is 2.45. The second-order valence-electron chi connectivity index (χ2n) is 4.33. The Morgan fingerprint density at radius 3 is 2.71 bits per heavy atom. The fourth-order valence-corrected chi connectivity index (χ4v) is 2.45. The average molecular weight is 193 g/mol. The molecule has 1 aliphatic carbocycles.